The Kier molecular flexibility index (Phi) is 8.05. The molecule has 0 atom stereocenters. The lowest BCUT2D eigenvalue weighted by atomic mass is 9.98. The maximum absolute atomic E-state index is 13.6. The maximum atomic E-state index is 13.6. The van der Waals surface area contributed by atoms with Crippen molar-refractivity contribution >= 4 is 23.2 Å². The van der Waals surface area contributed by atoms with Gasteiger partial charge in [0.25, 0.3) is 5.91 Å². The highest BCUT2D eigenvalue weighted by Gasteiger charge is 2.24. The molecule has 3 aromatic rings. The Balaban J connectivity index is 2.15. The molecule has 0 aliphatic carbocycles. The van der Waals surface area contributed by atoms with Gasteiger partial charge in [0.15, 0.2) is 0 Å². The zero-order valence-corrected chi connectivity index (χ0v) is 19.3. The van der Waals surface area contributed by atoms with Crippen molar-refractivity contribution in [1.82, 2.24) is 4.98 Å². The summed E-state index contributed by atoms with van der Waals surface area (Å²) in [6.07, 6.45) is 1.75. The van der Waals surface area contributed by atoms with Gasteiger partial charge in [0.2, 0.25) is 0 Å². The predicted molar refractivity (Wildman–Crippen MR) is 127 cm³/mol. The SMILES string of the molecule is COc1ccccc1N(C)C(=O)c1cc(-c2cnc(C#N)cc2C#N)c(Cl)cc1OCCCO. The van der Waals surface area contributed by atoms with Crippen LogP contribution in [0.15, 0.2) is 48.7 Å². The van der Waals surface area contributed by atoms with Crippen molar-refractivity contribution in [3.63, 3.8) is 0 Å². The summed E-state index contributed by atoms with van der Waals surface area (Å²) in [5.41, 5.74) is 1.79. The van der Waals surface area contributed by atoms with Crippen LogP contribution in [0.5, 0.6) is 11.5 Å². The Labute approximate surface area is 202 Å². The summed E-state index contributed by atoms with van der Waals surface area (Å²) >= 11 is 6.52. The Morgan fingerprint density at radius 3 is 2.59 bits per heavy atom. The molecule has 34 heavy (non-hydrogen) atoms. The van der Waals surface area contributed by atoms with Crippen molar-refractivity contribution < 1.29 is 19.4 Å². The number of halogens is 1. The summed E-state index contributed by atoms with van der Waals surface area (Å²) in [5, 5.41) is 28.0. The van der Waals surface area contributed by atoms with Crippen molar-refractivity contribution in [3.05, 3.63) is 70.5 Å². The second-order valence-electron chi connectivity index (χ2n) is 7.13. The summed E-state index contributed by atoms with van der Waals surface area (Å²) in [4.78, 5) is 19.1. The van der Waals surface area contributed by atoms with Crippen LogP contribution in [0, 0.1) is 22.7 Å². The molecule has 2 aromatic carbocycles. The third-order valence-electron chi connectivity index (χ3n) is 5.04. The van der Waals surface area contributed by atoms with E-state index in [9.17, 15) is 10.1 Å². The van der Waals surface area contributed by atoms with E-state index in [0.717, 1.165) is 0 Å². The maximum Gasteiger partial charge on any atom is 0.261 e. The first-order chi connectivity index (χ1) is 16.4. The molecule has 0 unspecified atom stereocenters. The van der Waals surface area contributed by atoms with Gasteiger partial charge in [-0.25, -0.2) is 4.98 Å². The highest BCUT2D eigenvalue weighted by molar-refractivity contribution is 6.34. The average molecular weight is 477 g/mol. The number of hydrogen-bond acceptors (Lipinski definition) is 7. The Bertz CT molecular complexity index is 1300. The van der Waals surface area contributed by atoms with Gasteiger partial charge in [0, 0.05) is 43.5 Å². The summed E-state index contributed by atoms with van der Waals surface area (Å²) < 4.78 is 11.1. The number of nitriles is 2. The number of anilines is 1. The van der Waals surface area contributed by atoms with Crippen LogP contribution in [0.1, 0.15) is 28.0 Å². The van der Waals surface area contributed by atoms with Crippen molar-refractivity contribution in [3.8, 4) is 34.8 Å². The van der Waals surface area contributed by atoms with E-state index in [1.807, 2.05) is 12.1 Å². The quantitative estimate of drug-likeness (QED) is 0.484. The van der Waals surface area contributed by atoms with Crippen LogP contribution >= 0.6 is 11.6 Å². The minimum Gasteiger partial charge on any atom is -0.495 e. The number of para-hydroxylation sites is 2. The smallest absolute Gasteiger partial charge is 0.261 e. The van der Waals surface area contributed by atoms with Crippen LogP contribution in [0.3, 0.4) is 0 Å². The van der Waals surface area contributed by atoms with E-state index in [-0.39, 0.29) is 40.8 Å². The first-order valence-corrected chi connectivity index (χ1v) is 10.6. The zero-order chi connectivity index (χ0) is 24.7. The molecule has 1 N–H and O–H groups in total. The van der Waals surface area contributed by atoms with Crippen molar-refractivity contribution in [2.24, 2.45) is 0 Å². The monoisotopic (exact) mass is 476 g/mol. The van der Waals surface area contributed by atoms with Gasteiger partial charge < -0.3 is 19.5 Å². The number of carbonyl (C=O) groups excluding carboxylic acids is 1. The molecule has 1 heterocycles. The fraction of sp³-hybridized carbons (Fsp3) is 0.200. The van der Waals surface area contributed by atoms with E-state index in [1.54, 1.807) is 31.3 Å². The number of hydrogen-bond donors (Lipinski definition) is 1. The standard InChI is InChI=1S/C25H21ClN4O4/c1-30(22-6-3-4-7-23(22)33-2)25(32)19-11-18(21(26)12-24(19)34-9-5-8-31)20-15-29-17(14-28)10-16(20)13-27/h3-4,6-7,10-12,15,31H,5,8-9H2,1-2H3. The highest BCUT2D eigenvalue weighted by atomic mass is 35.5. The van der Waals surface area contributed by atoms with Crippen molar-refractivity contribution in [2.45, 2.75) is 6.42 Å². The number of rotatable bonds is 8. The molecule has 0 saturated heterocycles. The number of methoxy groups -OCH3 is 1. The topological polar surface area (TPSA) is 119 Å². The second-order valence-corrected chi connectivity index (χ2v) is 7.54. The van der Waals surface area contributed by atoms with Gasteiger partial charge in [-0.3, -0.25) is 4.79 Å². The molecule has 0 fully saturated rings. The predicted octanol–water partition coefficient (Wildman–Crippen LogP) is 4.19. The van der Waals surface area contributed by atoms with Crippen LogP contribution in [0.25, 0.3) is 11.1 Å². The third kappa shape index (κ3) is 5.10. The Hall–Kier alpha value is -4.11. The first kappa shape index (κ1) is 24.5. The van der Waals surface area contributed by atoms with Gasteiger partial charge in [-0.1, -0.05) is 23.7 Å². The molecule has 3 rings (SSSR count). The third-order valence-corrected chi connectivity index (χ3v) is 5.35. The number of benzene rings is 2. The number of pyridine rings is 1. The minimum absolute atomic E-state index is 0.0708. The molecule has 8 nitrogen and oxygen atoms in total. The molecule has 1 aromatic heterocycles. The average Bonchev–Trinajstić information content (AvgIpc) is 2.87. The Morgan fingerprint density at radius 2 is 1.91 bits per heavy atom. The van der Waals surface area contributed by atoms with Crippen LogP contribution in [0.4, 0.5) is 5.69 Å². The van der Waals surface area contributed by atoms with E-state index < -0.39 is 5.91 Å². The lowest BCUT2D eigenvalue weighted by Gasteiger charge is -2.22. The number of nitrogens with zero attached hydrogens (tertiary/aromatic N) is 4. The van der Waals surface area contributed by atoms with Gasteiger partial charge in [-0.15, -0.1) is 0 Å². The van der Waals surface area contributed by atoms with Crippen LogP contribution in [0.2, 0.25) is 5.02 Å². The minimum atomic E-state index is -0.401. The van der Waals surface area contributed by atoms with E-state index in [4.69, 9.17) is 31.4 Å². The number of aliphatic hydroxyl groups excluding tert-OH is 1. The summed E-state index contributed by atoms with van der Waals surface area (Å²) in [6, 6.07) is 15.4. The number of amides is 1. The lowest BCUT2D eigenvalue weighted by molar-refractivity contribution is 0.0988. The van der Waals surface area contributed by atoms with Crippen molar-refractivity contribution in [2.75, 3.05) is 32.3 Å². The summed E-state index contributed by atoms with van der Waals surface area (Å²) in [7, 11) is 3.12. The van der Waals surface area contributed by atoms with E-state index >= 15 is 0 Å². The molecule has 0 aliphatic rings. The van der Waals surface area contributed by atoms with Gasteiger partial charge in [-0.2, -0.15) is 10.5 Å². The zero-order valence-electron chi connectivity index (χ0n) is 18.6. The van der Waals surface area contributed by atoms with E-state index in [1.165, 1.54) is 36.4 Å². The number of carbonyl (C=O) groups is 1. The van der Waals surface area contributed by atoms with Crippen LogP contribution < -0.4 is 14.4 Å². The number of aliphatic hydroxyl groups is 1. The highest BCUT2D eigenvalue weighted by Crippen LogP contribution is 2.37. The van der Waals surface area contributed by atoms with Gasteiger partial charge in [-0.05, 0) is 24.3 Å². The van der Waals surface area contributed by atoms with Gasteiger partial charge >= 0.3 is 0 Å². The molecule has 0 radical (unpaired) electrons. The molecular weight excluding hydrogens is 456 g/mol. The van der Waals surface area contributed by atoms with Gasteiger partial charge in [0.1, 0.15) is 23.3 Å². The fourth-order valence-corrected chi connectivity index (χ4v) is 3.57. The normalized spacial score (nSPS) is 10.2. The largest absolute Gasteiger partial charge is 0.495 e. The van der Waals surface area contributed by atoms with Crippen LogP contribution in [-0.2, 0) is 0 Å². The number of ether oxygens (including phenoxy) is 2. The summed E-state index contributed by atoms with van der Waals surface area (Å²) in [5.74, 6) is 0.342. The number of aromatic nitrogens is 1. The molecule has 0 bridgehead atoms. The molecular formula is C25H21ClN4O4. The van der Waals surface area contributed by atoms with Gasteiger partial charge in [0.05, 0.1) is 41.6 Å². The molecule has 172 valence electrons. The first-order valence-electron chi connectivity index (χ1n) is 10.2. The molecule has 1 amide bonds. The molecule has 0 spiro atoms. The molecule has 0 saturated carbocycles. The van der Waals surface area contributed by atoms with E-state index in [0.29, 0.717) is 29.0 Å². The molecule has 9 heteroatoms. The second kappa shape index (κ2) is 11.2. The molecule has 0 aliphatic heterocycles. The summed E-state index contributed by atoms with van der Waals surface area (Å²) in [6.45, 7) is 0.103. The van der Waals surface area contributed by atoms with Crippen molar-refractivity contribution in [1.29, 1.82) is 10.5 Å². The van der Waals surface area contributed by atoms with E-state index in [2.05, 4.69) is 4.98 Å². The van der Waals surface area contributed by atoms with Crippen LogP contribution in [-0.4, -0.2) is 43.4 Å². The Morgan fingerprint density at radius 1 is 1.15 bits per heavy atom. The lowest BCUT2D eigenvalue weighted by Crippen LogP contribution is -2.27. The fourth-order valence-electron chi connectivity index (χ4n) is 3.32.